The standard InChI is InChI=1S/C11H17N5O/c1-8(5-12)3-4-10-14-11(15-17-10)9-6-13-16(2)7-9/h6-8H,3-5,12H2,1-2H3. The SMILES string of the molecule is CC(CN)CCc1nc(-c2cnn(C)c2)no1. The summed E-state index contributed by atoms with van der Waals surface area (Å²) < 4.78 is 6.89. The van der Waals surface area contributed by atoms with Crippen molar-refractivity contribution < 1.29 is 4.52 Å². The van der Waals surface area contributed by atoms with Crippen molar-refractivity contribution in [1.82, 2.24) is 19.9 Å². The van der Waals surface area contributed by atoms with Crippen molar-refractivity contribution in [2.75, 3.05) is 6.54 Å². The molecule has 0 fully saturated rings. The van der Waals surface area contributed by atoms with Crippen molar-refractivity contribution in [1.29, 1.82) is 0 Å². The highest BCUT2D eigenvalue weighted by Crippen LogP contribution is 2.15. The molecule has 1 unspecified atom stereocenters. The van der Waals surface area contributed by atoms with Gasteiger partial charge in [-0.2, -0.15) is 10.1 Å². The molecule has 2 heterocycles. The molecule has 17 heavy (non-hydrogen) atoms. The lowest BCUT2D eigenvalue weighted by Gasteiger charge is -2.03. The van der Waals surface area contributed by atoms with Crippen LogP contribution in [0.4, 0.5) is 0 Å². The molecule has 6 nitrogen and oxygen atoms in total. The normalized spacial score (nSPS) is 12.9. The number of aryl methyl sites for hydroxylation is 2. The van der Waals surface area contributed by atoms with Crippen molar-refractivity contribution in [3.63, 3.8) is 0 Å². The Balaban J connectivity index is 2.01. The minimum absolute atomic E-state index is 0.476. The summed E-state index contributed by atoms with van der Waals surface area (Å²) in [5.41, 5.74) is 6.43. The molecule has 0 saturated carbocycles. The van der Waals surface area contributed by atoms with Crippen LogP contribution in [0.3, 0.4) is 0 Å². The quantitative estimate of drug-likeness (QED) is 0.835. The van der Waals surface area contributed by atoms with Crippen molar-refractivity contribution in [2.45, 2.75) is 19.8 Å². The summed E-state index contributed by atoms with van der Waals surface area (Å²) in [5, 5.41) is 8.00. The van der Waals surface area contributed by atoms with Gasteiger partial charge in [-0.15, -0.1) is 0 Å². The lowest BCUT2D eigenvalue weighted by Crippen LogP contribution is -2.11. The van der Waals surface area contributed by atoms with Crippen LogP contribution in [-0.4, -0.2) is 26.5 Å². The molecule has 2 aromatic heterocycles. The lowest BCUT2D eigenvalue weighted by molar-refractivity contribution is 0.366. The molecule has 2 N–H and O–H groups in total. The fourth-order valence-corrected chi connectivity index (χ4v) is 1.50. The van der Waals surface area contributed by atoms with E-state index in [2.05, 4.69) is 22.2 Å². The van der Waals surface area contributed by atoms with Crippen LogP contribution < -0.4 is 5.73 Å². The molecule has 6 heteroatoms. The molecule has 0 saturated heterocycles. The maximum absolute atomic E-state index is 5.56. The Kier molecular flexibility index (Phi) is 3.53. The predicted octanol–water partition coefficient (Wildman–Crippen LogP) is 0.997. The number of aromatic nitrogens is 4. The van der Waals surface area contributed by atoms with Gasteiger partial charge in [-0.1, -0.05) is 12.1 Å². The third-order valence-electron chi connectivity index (χ3n) is 2.68. The average molecular weight is 235 g/mol. The molecular formula is C11H17N5O. The first-order chi connectivity index (χ1) is 8.19. The topological polar surface area (TPSA) is 82.8 Å². The highest BCUT2D eigenvalue weighted by atomic mass is 16.5. The van der Waals surface area contributed by atoms with Gasteiger partial charge < -0.3 is 10.3 Å². The van der Waals surface area contributed by atoms with Gasteiger partial charge in [0, 0.05) is 19.7 Å². The van der Waals surface area contributed by atoms with Crippen LogP contribution in [0.25, 0.3) is 11.4 Å². The summed E-state index contributed by atoms with van der Waals surface area (Å²) in [4.78, 5) is 4.33. The van der Waals surface area contributed by atoms with Crippen molar-refractivity contribution >= 4 is 0 Å². The van der Waals surface area contributed by atoms with Crippen molar-refractivity contribution in [3.8, 4) is 11.4 Å². The van der Waals surface area contributed by atoms with E-state index >= 15 is 0 Å². The minimum atomic E-state index is 0.476. The Morgan fingerprint density at radius 3 is 3.00 bits per heavy atom. The molecule has 0 aliphatic rings. The Labute approximate surface area is 99.8 Å². The van der Waals surface area contributed by atoms with Gasteiger partial charge in [0.05, 0.1) is 11.8 Å². The minimum Gasteiger partial charge on any atom is -0.339 e. The smallest absolute Gasteiger partial charge is 0.226 e. The van der Waals surface area contributed by atoms with E-state index in [0.29, 0.717) is 24.2 Å². The zero-order valence-corrected chi connectivity index (χ0v) is 10.1. The summed E-state index contributed by atoms with van der Waals surface area (Å²) >= 11 is 0. The van der Waals surface area contributed by atoms with Crippen LogP contribution in [0.1, 0.15) is 19.2 Å². The second-order valence-electron chi connectivity index (χ2n) is 4.29. The lowest BCUT2D eigenvalue weighted by atomic mass is 10.1. The van der Waals surface area contributed by atoms with Gasteiger partial charge >= 0.3 is 0 Å². The first-order valence-electron chi connectivity index (χ1n) is 5.70. The van der Waals surface area contributed by atoms with Crippen LogP contribution in [0.15, 0.2) is 16.9 Å². The molecule has 0 aliphatic carbocycles. The van der Waals surface area contributed by atoms with Crippen molar-refractivity contribution in [3.05, 3.63) is 18.3 Å². The van der Waals surface area contributed by atoms with E-state index in [1.165, 1.54) is 0 Å². The third-order valence-corrected chi connectivity index (χ3v) is 2.68. The molecule has 2 aromatic rings. The number of nitrogens with two attached hydrogens (primary N) is 1. The third kappa shape index (κ3) is 2.91. The fourth-order valence-electron chi connectivity index (χ4n) is 1.50. The van der Waals surface area contributed by atoms with Crippen LogP contribution >= 0.6 is 0 Å². The molecule has 0 spiro atoms. The molecule has 92 valence electrons. The zero-order chi connectivity index (χ0) is 12.3. The highest BCUT2D eigenvalue weighted by Gasteiger charge is 2.10. The van der Waals surface area contributed by atoms with Crippen LogP contribution in [0, 0.1) is 5.92 Å². The Morgan fingerprint density at radius 1 is 1.53 bits per heavy atom. The molecule has 0 bridgehead atoms. The Hall–Kier alpha value is -1.69. The van der Waals surface area contributed by atoms with Crippen LogP contribution in [0.2, 0.25) is 0 Å². The monoisotopic (exact) mass is 235 g/mol. The largest absolute Gasteiger partial charge is 0.339 e. The first-order valence-corrected chi connectivity index (χ1v) is 5.70. The van der Waals surface area contributed by atoms with E-state index in [4.69, 9.17) is 10.3 Å². The van der Waals surface area contributed by atoms with Gasteiger partial charge in [-0.05, 0) is 18.9 Å². The maximum atomic E-state index is 5.56. The number of nitrogens with zero attached hydrogens (tertiary/aromatic N) is 4. The van der Waals surface area contributed by atoms with E-state index in [0.717, 1.165) is 18.4 Å². The molecule has 1 atom stereocenters. The molecular weight excluding hydrogens is 218 g/mol. The van der Waals surface area contributed by atoms with Gasteiger partial charge in [-0.25, -0.2) is 0 Å². The summed E-state index contributed by atoms with van der Waals surface area (Å²) in [6, 6.07) is 0. The van der Waals surface area contributed by atoms with E-state index in [1.807, 2.05) is 13.2 Å². The summed E-state index contributed by atoms with van der Waals surface area (Å²) in [6.45, 7) is 2.79. The predicted molar refractivity (Wildman–Crippen MR) is 63.0 cm³/mol. The fraction of sp³-hybridized carbons (Fsp3) is 0.545. The summed E-state index contributed by atoms with van der Waals surface area (Å²) in [7, 11) is 1.85. The first kappa shape index (κ1) is 11.8. The Bertz CT molecular complexity index is 476. The van der Waals surface area contributed by atoms with E-state index in [1.54, 1.807) is 10.9 Å². The van der Waals surface area contributed by atoms with Gasteiger partial charge in [0.2, 0.25) is 11.7 Å². The second-order valence-corrected chi connectivity index (χ2v) is 4.29. The van der Waals surface area contributed by atoms with Gasteiger partial charge in [0.15, 0.2) is 0 Å². The number of hydrogen-bond donors (Lipinski definition) is 1. The molecule has 0 aromatic carbocycles. The van der Waals surface area contributed by atoms with E-state index < -0.39 is 0 Å². The average Bonchev–Trinajstić information content (AvgIpc) is 2.94. The molecule has 0 radical (unpaired) electrons. The van der Waals surface area contributed by atoms with Gasteiger partial charge in [0.1, 0.15) is 0 Å². The van der Waals surface area contributed by atoms with Crippen LogP contribution in [-0.2, 0) is 13.5 Å². The highest BCUT2D eigenvalue weighted by molar-refractivity contribution is 5.50. The number of hydrogen-bond acceptors (Lipinski definition) is 5. The Morgan fingerprint density at radius 2 is 2.35 bits per heavy atom. The molecule has 2 rings (SSSR count). The van der Waals surface area contributed by atoms with Gasteiger partial charge in [-0.3, -0.25) is 4.68 Å². The zero-order valence-electron chi connectivity index (χ0n) is 10.1. The maximum Gasteiger partial charge on any atom is 0.226 e. The van der Waals surface area contributed by atoms with Crippen LogP contribution in [0.5, 0.6) is 0 Å². The van der Waals surface area contributed by atoms with Gasteiger partial charge in [0.25, 0.3) is 0 Å². The van der Waals surface area contributed by atoms with E-state index in [9.17, 15) is 0 Å². The van der Waals surface area contributed by atoms with E-state index in [-0.39, 0.29) is 0 Å². The summed E-state index contributed by atoms with van der Waals surface area (Å²) in [6.07, 6.45) is 5.31. The van der Waals surface area contributed by atoms with Crippen molar-refractivity contribution in [2.24, 2.45) is 18.7 Å². The second kappa shape index (κ2) is 5.09. The number of rotatable bonds is 5. The summed E-state index contributed by atoms with van der Waals surface area (Å²) in [5.74, 6) is 1.72. The molecule has 0 amide bonds. The molecule has 0 aliphatic heterocycles.